The van der Waals surface area contributed by atoms with E-state index in [1.807, 2.05) is 30.3 Å². The monoisotopic (exact) mass is 529 g/mol. The highest BCUT2D eigenvalue weighted by Gasteiger charge is 2.15. The van der Waals surface area contributed by atoms with Gasteiger partial charge in [-0.3, -0.25) is 10.1 Å². The molecule has 9 heteroatoms. The summed E-state index contributed by atoms with van der Waals surface area (Å²) in [6, 6.07) is 18.3. The maximum Gasteiger partial charge on any atom is 0.257 e. The highest BCUT2D eigenvalue weighted by Crippen LogP contribution is 2.38. The smallest absolute Gasteiger partial charge is 0.257 e. The zero-order valence-electron chi connectivity index (χ0n) is 18.2. The Bertz CT molecular complexity index is 1320. The number of anilines is 1. The Morgan fingerprint density at radius 2 is 1.91 bits per heavy atom. The summed E-state index contributed by atoms with van der Waals surface area (Å²) in [6.45, 7) is 2.70. The van der Waals surface area contributed by atoms with Gasteiger partial charge < -0.3 is 10.1 Å². The van der Waals surface area contributed by atoms with Crippen LogP contribution in [-0.2, 0) is 0 Å². The fraction of sp³-hybridized carbons (Fsp3) is 0.160. The van der Waals surface area contributed by atoms with Crippen LogP contribution in [-0.4, -0.2) is 22.6 Å². The molecule has 1 aromatic heterocycles. The van der Waals surface area contributed by atoms with Crippen LogP contribution >= 0.6 is 46.8 Å². The Labute approximate surface area is 217 Å². The molecule has 4 rings (SSSR count). The first-order chi connectivity index (χ1) is 16.4. The van der Waals surface area contributed by atoms with Gasteiger partial charge >= 0.3 is 0 Å². The molecule has 174 valence electrons. The van der Waals surface area contributed by atoms with E-state index in [9.17, 15) is 4.79 Å². The number of nitrogens with one attached hydrogen (secondary N) is 2. The normalized spacial score (nSPS) is 10.8. The molecule has 2 N–H and O–H groups in total. The van der Waals surface area contributed by atoms with E-state index in [0.717, 1.165) is 33.6 Å². The SMILES string of the molecule is CCCCOc1cccc(C(=O)NC(=S)Nc2cc(-c3nc4ccccc4s3)c(Cl)cc2Cl)c1. The largest absolute Gasteiger partial charge is 0.494 e. The predicted octanol–water partition coefficient (Wildman–Crippen LogP) is 7.58. The molecule has 0 saturated carbocycles. The number of carbonyl (C=O) groups excluding carboxylic acids is 1. The first-order valence-electron chi connectivity index (χ1n) is 10.6. The van der Waals surface area contributed by atoms with Crippen molar-refractivity contribution in [2.24, 2.45) is 0 Å². The highest BCUT2D eigenvalue weighted by molar-refractivity contribution is 7.80. The summed E-state index contributed by atoms with van der Waals surface area (Å²) >= 11 is 19.7. The fourth-order valence-electron chi connectivity index (χ4n) is 3.19. The molecule has 3 aromatic carbocycles. The first kappa shape index (κ1) is 24.4. The van der Waals surface area contributed by atoms with Gasteiger partial charge in [-0.2, -0.15) is 0 Å². The lowest BCUT2D eigenvalue weighted by atomic mass is 10.2. The van der Waals surface area contributed by atoms with E-state index >= 15 is 0 Å². The highest BCUT2D eigenvalue weighted by atomic mass is 35.5. The van der Waals surface area contributed by atoms with E-state index in [0.29, 0.717) is 33.7 Å². The number of halogens is 2. The molecule has 0 unspecified atom stereocenters. The van der Waals surface area contributed by atoms with Gasteiger partial charge in [0.05, 0.1) is 32.6 Å². The van der Waals surface area contributed by atoms with E-state index in [-0.39, 0.29) is 11.0 Å². The van der Waals surface area contributed by atoms with Crippen LogP contribution in [0.15, 0.2) is 60.7 Å². The van der Waals surface area contributed by atoms with Crippen LogP contribution in [0, 0.1) is 0 Å². The van der Waals surface area contributed by atoms with Crippen LogP contribution in [0.25, 0.3) is 20.8 Å². The molecule has 34 heavy (non-hydrogen) atoms. The molecule has 0 atom stereocenters. The van der Waals surface area contributed by atoms with Crippen molar-refractivity contribution in [2.45, 2.75) is 19.8 Å². The Balaban J connectivity index is 1.48. The molecule has 0 spiro atoms. The standard InChI is InChI=1S/C25H21Cl2N3O2S2/c1-2-3-11-32-16-8-6-7-15(12-16)23(31)30-25(33)29-21-13-17(18(26)14-19(21)27)24-28-20-9-4-5-10-22(20)34-24/h4-10,12-14H,2-3,11H2,1H3,(H2,29,30,31,33). The lowest BCUT2D eigenvalue weighted by molar-refractivity contribution is 0.0977. The van der Waals surface area contributed by atoms with Gasteiger partial charge in [-0.1, -0.05) is 54.7 Å². The minimum Gasteiger partial charge on any atom is -0.494 e. The van der Waals surface area contributed by atoms with Crippen LogP contribution in [0.5, 0.6) is 5.75 Å². The van der Waals surface area contributed by atoms with Crippen molar-refractivity contribution >= 4 is 73.7 Å². The van der Waals surface area contributed by atoms with Gasteiger partial charge in [-0.25, -0.2) is 4.98 Å². The van der Waals surface area contributed by atoms with Crippen molar-refractivity contribution in [3.8, 4) is 16.3 Å². The van der Waals surface area contributed by atoms with Gasteiger partial charge in [0.2, 0.25) is 0 Å². The summed E-state index contributed by atoms with van der Waals surface area (Å²) < 4.78 is 6.74. The summed E-state index contributed by atoms with van der Waals surface area (Å²) in [5.74, 6) is 0.288. The molecule has 0 aliphatic heterocycles. The van der Waals surface area contributed by atoms with E-state index in [4.69, 9.17) is 40.2 Å². The molecule has 0 aliphatic rings. The lowest BCUT2D eigenvalue weighted by Gasteiger charge is -2.13. The van der Waals surface area contributed by atoms with E-state index in [1.165, 1.54) is 11.3 Å². The van der Waals surface area contributed by atoms with Gasteiger partial charge in [-0.15, -0.1) is 11.3 Å². The molecule has 0 radical (unpaired) electrons. The number of hydrogen-bond acceptors (Lipinski definition) is 5. The van der Waals surface area contributed by atoms with Crippen LogP contribution < -0.4 is 15.4 Å². The number of rotatable bonds is 7. The number of aromatic nitrogens is 1. The number of ether oxygens (including phenoxy) is 1. The van der Waals surface area contributed by atoms with Gasteiger partial charge in [0.25, 0.3) is 5.91 Å². The summed E-state index contributed by atoms with van der Waals surface area (Å²) in [7, 11) is 0. The van der Waals surface area contributed by atoms with Crippen molar-refractivity contribution < 1.29 is 9.53 Å². The number of thiocarbonyl (C=S) groups is 1. The maximum absolute atomic E-state index is 12.7. The molecule has 0 saturated heterocycles. The lowest BCUT2D eigenvalue weighted by Crippen LogP contribution is -2.34. The summed E-state index contributed by atoms with van der Waals surface area (Å²) in [5, 5.41) is 7.40. The summed E-state index contributed by atoms with van der Waals surface area (Å²) in [5.41, 5.74) is 2.57. The number of benzene rings is 3. The van der Waals surface area contributed by atoms with Gasteiger partial charge in [0.1, 0.15) is 10.8 Å². The van der Waals surface area contributed by atoms with Crippen LogP contribution in [0.4, 0.5) is 5.69 Å². The number of thiazole rings is 1. The second-order valence-corrected chi connectivity index (χ2v) is 9.69. The quantitative estimate of drug-likeness (QED) is 0.191. The van der Waals surface area contributed by atoms with E-state index in [1.54, 1.807) is 30.3 Å². The van der Waals surface area contributed by atoms with Crippen molar-refractivity contribution in [1.29, 1.82) is 0 Å². The number of para-hydroxylation sites is 1. The number of unbranched alkanes of at least 4 members (excludes halogenated alkanes) is 1. The first-order valence-corrected chi connectivity index (χ1v) is 12.6. The molecule has 0 fully saturated rings. The molecule has 1 heterocycles. The van der Waals surface area contributed by atoms with Crippen molar-refractivity contribution in [2.75, 3.05) is 11.9 Å². The molecular weight excluding hydrogens is 509 g/mol. The molecule has 1 amide bonds. The van der Waals surface area contributed by atoms with Crippen molar-refractivity contribution in [1.82, 2.24) is 10.3 Å². The summed E-state index contributed by atoms with van der Waals surface area (Å²) in [4.78, 5) is 17.4. The third-order valence-electron chi connectivity index (χ3n) is 4.92. The van der Waals surface area contributed by atoms with Gasteiger partial charge in [-0.05, 0) is 61.1 Å². The molecule has 0 bridgehead atoms. The number of hydrogen-bond donors (Lipinski definition) is 2. The third-order valence-corrected chi connectivity index (χ3v) is 6.82. The molecule has 0 aliphatic carbocycles. The average molecular weight is 531 g/mol. The van der Waals surface area contributed by atoms with Gasteiger partial charge in [0.15, 0.2) is 5.11 Å². The van der Waals surface area contributed by atoms with E-state index in [2.05, 4.69) is 22.5 Å². The Morgan fingerprint density at radius 3 is 2.71 bits per heavy atom. The van der Waals surface area contributed by atoms with Crippen molar-refractivity contribution in [3.05, 3.63) is 76.3 Å². The van der Waals surface area contributed by atoms with E-state index < -0.39 is 0 Å². The average Bonchev–Trinajstić information content (AvgIpc) is 3.25. The minimum atomic E-state index is -0.352. The third kappa shape index (κ3) is 5.85. The fourth-order valence-corrected chi connectivity index (χ4v) is 4.96. The zero-order chi connectivity index (χ0) is 24.1. The number of amides is 1. The second kappa shape index (κ2) is 11.1. The topological polar surface area (TPSA) is 63.2 Å². The van der Waals surface area contributed by atoms with Crippen molar-refractivity contribution in [3.63, 3.8) is 0 Å². The maximum atomic E-state index is 12.7. The Hall–Kier alpha value is -2.71. The predicted molar refractivity (Wildman–Crippen MR) is 146 cm³/mol. The van der Waals surface area contributed by atoms with Crippen LogP contribution in [0.2, 0.25) is 10.0 Å². The number of carbonyl (C=O) groups is 1. The summed E-state index contributed by atoms with van der Waals surface area (Å²) in [6.07, 6.45) is 1.99. The number of fused-ring (bicyclic) bond motifs is 1. The van der Waals surface area contributed by atoms with Gasteiger partial charge in [0, 0.05) is 11.1 Å². The molecular formula is C25H21Cl2N3O2S2. The van der Waals surface area contributed by atoms with Crippen LogP contribution in [0.3, 0.4) is 0 Å². The zero-order valence-corrected chi connectivity index (χ0v) is 21.4. The molecule has 5 nitrogen and oxygen atoms in total. The molecule has 4 aromatic rings. The Morgan fingerprint density at radius 1 is 1.09 bits per heavy atom. The second-order valence-electron chi connectivity index (χ2n) is 7.44. The Kier molecular flexibility index (Phi) is 8.00. The minimum absolute atomic E-state index is 0.113. The number of nitrogens with zero attached hydrogens (tertiary/aromatic N) is 1. The van der Waals surface area contributed by atoms with Crippen LogP contribution in [0.1, 0.15) is 30.1 Å².